The molecule has 0 amide bonds. The topological polar surface area (TPSA) is 141 Å². The first-order valence-corrected chi connectivity index (χ1v) is 10.2. The minimum atomic E-state index is -0.418. The first-order valence-electron chi connectivity index (χ1n) is 10.2. The standard InChI is InChI=1S/C21H32N4O5/c1-2-28-20(21(30-15-6-11-25)18-27-13-4-9-23)17-19(29-14-5-10-24)7-16-26-12-3-8-22/h19-21H,2-7,12-18H2,1H3. The third kappa shape index (κ3) is 15.7. The summed E-state index contributed by atoms with van der Waals surface area (Å²) in [7, 11) is 0. The number of nitrogens with zero attached hydrogens (tertiary/aromatic N) is 4. The second kappa shape index (κ2) is 21.5. The first-order chi connectivity index (χ1) is 14.7. The highest BCUT2D eigenvalue weighted by atomic mass is 16.6. The van der Waals surface area contributed by atoms with E-state index in [0.29, 0.717) is 52.3 Å². The highest BCUT2D eigenvalue weighted by Crippen LogP contribution is 2.17. The number of nitriles is 4. The highest BCUT2D eigenvalue weighted by molar-refractivity contribution is 4.78. The van der Waals surface area contributed by atoms with Crippen LogP contribution in [0.15, 0.2) is 0 Å². The summed E-state index contributed by atoms with van der Waals surface area (Å²) in [6.07, 6.45) is 1.24. The summed E-state index contributed by atoms with van der Waals surface area (Å²) >= 11 is 0. The maximum absolute atomic E-state index is 8.78. The Labute approximate surface area is 179 Å². The van der Waals surface area contributed by atoms with Gasteiger partial charge in [0.1, 0.15) is 6.10 Å². The van der Waals surface area contributed by atoms with E-state index in [9.17, 15) is 0 Å². The number of rotatable bonds is 20. The van der Waals surface area contributed by atoms with E-state index in [4.69, 9.17) is 44.7 Å². The van der Waals surface area contributed by atoms with Gasteiger partial charge in [0, 0.05) is 19.6 Å². The molecule has 0 saturated heterocycles. The van der Waals surface area contributed by atoms with Gasteiger partial charge in [0.2, 0.25) is 0 Å². The summed E-state index contributed by atoms with van der Waals surface area (Å²) < 4.78 is 28.6. The molecule has 0 aliphatic carbocycles. The van der Waals surface area contributed by atoms with E-state index < -0.39 is 6.10 Å². The normalized spacial score (nSPS) is 13.4. The fraction of sp³-hybridized carbons (Fsp3) is 0.810. The van der Waals surface area contributed by atoms with Crippen molar-refractivity contribution in [2.45, 2.75) is 63.8 Å². The third-order valence-corrected chi connectivity index (χ3v) is 3.99. The molecule has 3 atom stereocenters. The Morgan fingerprint density at radius 3 is 1.80 bits per heavy atom. The minimum absolute atomic E-state index is 0.224. The Morgan fingerprint density at radius 1 is 0.633 bits per heavy atom. The minimum Gasteiger partial charge on any atom is -0.380 e. The van der Waals surface area contributed by atoms with Gasteiger partial charge in [0.25, 0.3) is 0 Å². The van der Waals surface area contributed by atoms with E-state index in [1.807, 2.05) is 25.1 Å². The number of ether oxygens (including phenoxy) is 5. The molecule has 0 aliphatic rings. The van der Waals surface area contributed by atoms with Gasteiger partial charge in [-0.3, -0.25) is 0 Å². The van der Waals surface area contributed by atoms with Crippen LogP contribution in [0.4, 0.5) is 0 Å². The molecule has 0 aromatic rings. The second-order valence-electron chi connectivity index (χ2n) is 6.24. The lowest BCUT2D eigenvalue weighted by atomic mass is 10.0. The second-order valence-corrected chi connectivity index (χ2v) is 6.24. The van der Waals surface area contributed by atoms with Crippen LogP contribution in [-0.4, -0.2) is 64.6 Å². The zero-order valence-electron chi connectivity index (χ0n) is 17.8. The van der Waals surface area contributed by atoms with Crippen LogP contribution in [0.1, 0.15) is 45.4 Å². The Bertz CT molecular complexity index is 576. The molecule has 0 fully saturated rings. The van der Waals surface area contributed by atoms with Gasteiger partial charge in [-0.05, 0) is 13.3 Å². The van der Waals surface area contributed by atoms with Gasteiger partial charge in [-0.2, -0.15) is 21.0 Å². The molecule has 0 aromatic carbocycles. The van der Waals surface area contributed by atoms with Crippen LogP contribution in [0.5, 0.6) is 0 Å². The molecule has 3 unspecified atom stereocenters. The van der Waals surface area contributed by atoms with Gasteiger partial charge in [0.05, 0.1) is 95.2 Å². The molecule has 0 radical (unpaired) electrons. The van der Waals surface area contributed by atoms with Crippen molar-refractivity contribution in [3.8, 4) is 24.3 Å². The van der Waals surface area contributed by atoms with Gasteiger partial charge < -0.3 is 23.7 Å². The first kappa shape index (κ1) is 27.8. The lowest BCUT2D eigenvalue weighted by molar-refractivity contribution is -0.119. The highest BCUT2D eigenvalue weighted by Gasteiger charge is 2.27. The zero-order chi connectivity index (χ0) is 22.3. The van der Waals surface area contributed by atoms with E-state index in [-0.39, 0.29) is 44.7 Å². The lowest BCUT2D eigenvalue weighted by Crippen LogP contribution is -2.39. The Morgan fingerprint density at radius 2 is 1.20 bits per heavy atom. The van der Waals surface area contributed by atoms with Gasteiger partial charge in [0.15, 0.2) is 0 Å². The number of hydrogen-bond acceptors (Lipinski definition) is 9. The fourth-order valence-corrected chi connectivity index (χ4v) is 2.61. The van der Waals surface area contributed by atoms with E-state index in [0.717, 1.165) is 0 Å². The third-order valence-electron chi connectivity index (χ3n) is 3.99. The maximum Gasteiger partial charge on any atom is 0.107 e. The van der Waals surface area contributed by atoms with Crippen molar-refractivity contribution in [3.05, 3.63) is 0 Å². The molecule has 9 heteroatoms. The van der Waals surface area contributed by atoms with Crippen LogP contribution >= 0.6 is 0 Å². The van der Waals surface area contributed by atoms with Crippen LogP contribution in [0, 0.1) is 45.3 Å². The Kier molecular flexibility index (Phi) is 19.9. The molecule has 0 rings (SSSR count). The molecule has 0 bridgehead atoms. The predicted octanol–water partition coefficient (Wildman–Crippen LogP) is 2.63. The van der Waals surface area contributed by atoms with Gasteiger partial charge in [-0.15, -0.1) is 0 Å². The Hall–Kier alpha value is -2.24. The monoisotopic (exact) mass is 420 g/mol. The van der Waals surface area contributed by atoms with Crippen LogP contribution in [0.3, 0.4) is 0 Å². The average molecular weight is 421 g/mol. The SMILES string of the molecule is CCOC(CC(CCOCCC#N)OCCC#N)C(COCCC#N)OCCC#N. The molecule has 0 aromatic heterocycles. The van der Waals surface area contributed by atoms with Crippen molar-refractivity contribution < 1.29 is 23.7 Å². The van der Waals surface area contributed by atoms with Crippen molar-refractivity contribution in [1.29, 1.82) is 21.0 Å². The van der Waals surface area contributed by atoms with Crippen molar-refractivity contribution in [3.63, 3.8) is 0 Å². The van der Waals surface area contributed by atoms with Crippen LogP contribution < -0.4 is 0 Å². The summed E-state index contributed by atoms with van der Waals surface area (Å²) in [4.78, 5) is 0. The van der Waals surface area contributed by atoms with E-state index in [2.05, 4.69) is 6.07 Å². The predicted molar refractivity (Wildman–Crippen MR) is 107 cm³/mol. The summed E-state index contributed by atoms with van der Waals surface area (Å²) in [5.74, 6) is 0. The smallest absolute Gasteiger partial charge is 0.107 e. The molecule has 0 heterocycles. The molecular formula is C21H32N4O5. The molecule has 30 heavy (non-hydrogen) atoms. The summed E-state index contributed by atoms with van der Waals surface area (Å²) in [6.45, 7) is 4.22. The molecule has 166 valence electrons. The van der Waals surface area contributed by atoms with Gasteiger partial charge in [-0.1, -0.05) is 0 Å². The molecule has 0 spiro atoms. The van der Waals surface area contributed by atoms with Crippen molar-refractivity contribution >= 4 is 0 Å². The molecule has 0 N–H and O–H groups in total. The average Bonchev–Trinajstić information content (AvgIpc) is 2.75. The van der Waals surface area contributed by atoms with E-state index in [1.54, 1.807) is 0 Å². The van der Waals surface area contributed by atoms with Crippen LogP contribution in [0.2, 0.25) is 0 Å². The van der Waals surface area contributed by atoms with Crippen LogP contribution in [0.25, 0.3) is 0 Å². The maximum atomic E-state index is 8.78. The van der Waals surface area contributed by atoms with Crippen LogP contribution in [-0.2, 0) is 23.7 Å². The van der Waals surface area contributed by atoms with Crippen molar-refractivity contribution in [2.75, 3.05) is 46.2 Å². The molecular weight excluding hydrogens is 388 g/mol. The largest absolute Gasteiger partial charge is 0.380 e. The zero-order valence-corrected chi connectivity index (χ0v) is 17.8. The molecule has 0 aliphatic heterocycles. The van der Waals surface area contributed by atoms with E-state index >= 15 is 0 Å². The summed E-state index contributed by atoms with van der Waals surface area (Å²) in [5.41, 5.74) is 0. The fourth-order valence-electron chi connectivity index (χ4n) is 2.61. The van der Waals surface area contributed by atoms with Gasteiger partial charge in [-0.25, -0.2) is 0 Å². The molecule has 9 nitrogen and oxygen atoms in total. The van der Waals surface area contributed by atoms with Crippen molar-refractivity contribution in [1.82, 2.24) is 0 Å². The summed E-state index contributed by atoms with van der Waals surface area (Å²) in [5, 5.41) is 34.8. The number of hydrogen-bond donors (Lipinski definition) is 0. The van der Waals surface area contributed by atoms with E-state index in [1.165, 1.54) is 0 Å². The summed E-state index contributed by atoms with van der Waals surface area (Å²) in [6, 6.07) is 8.16. The van der Waals surface area contributed by atoms with Gasteiger partial charge >= 0.3 is 0 Å². The molecule has 0 saturated carbocycles. The Balaban J connectivity index is 4.97. The lowest BCUT2D eigenvalue weighted by Gasteiger charge is -2.30. The quantitative estimate of drug-likeness (QED) is 0.272. The van der Waals surface area contributed by atoms with Crippen molar-refractivity contribution in [2.24, 2.45) is 0 Å².